The molecule has 0 atom stereocenters. The van der Waals surface area contributed by atoms with Crippen molar-refractivity contribution in [1.29, 1.82) is 0 Å². The molecule has 1 aliphatic rings. The quantitative estimate of drug-likeness (QED) is 0.859. The van der Waals surface area contributed by atoms with Gasteiger partial charge in [0.15, 0.2) is 6.61 Å². The Hall–Kier alpha value is -1.86. The van der Waals surface area contributed by atoms with E-state index in [-0.39, 0.29) is 17.4 Å². The Morgan fingerprint density at radius 1 is 1.26 bits per heavy atom. The van der Waals surface area contributed by atoms with Crippen LogP contribution >= 0.6 is 0 Å². The minimum Gasteiger partial charge on any atom is -0.484 e. The minimum atomic E-state index is -3.72. The Morgan fingerprint density at radius 3 is 2.48 bits per heavy atom. The lowest BCUT2D eigenvalue weighted by Gasteiger charge is -2.26. The van der Waals surface area contributed by atoms with Crippen LogP contribution < -0.4 is 9.88 Å². The molecule has 1 amide bonds. The number of allylic oxidation sites excluding steroid dienone is 2. The van der Waals surface area contributed by atoms with Gasteiger partial charge >= 0.3 is 0 Å². The molecule has 0 heterocycles. The van der Waals surface area contributed by atoms with Crippen molar-refractivity contribution < 1.29 is 17.9 Å². The van der Waals surface area contributed by atoms with Crippen LogP contribution in [0.3, 0.4) is 0 Å². The van der Waals surface area contributed by atoms with Gasteiger partial charge in [0, 0.05) is 12.2 Å². The normalized spacial score (nSPS) is 15.0. The van der Waals surface area contributed by atoms with Gasteiger partial charge in [-0.05, 0) is 56.9 Å². The molecule has 0 fully saturated rings. The van der Waals surface area contributed by atoms with Crippen molar-refractivity contribution in [2.45, 2.75) is 37.5 Å². The average Bonchev–Trinajstić information content (AvgIpc) is 2.54. The van der Waals surface area contributed by atoms with Crippen LogP contribution in [0.4, 0.5) is 0 Å². The van der Waals surface area contributed by atoms with Gasteiger partial charge in [-0.1, -0.05) is 6.08 Å². The van der Waals surface area contributed by atoms with E-state index in [0.717, 1.165) is 25.0 Å². The van der Waals surface area contributed by atoms with E-state index < -0.39 is 10.0 Å². The Kier molecular flexibility index (Phi) is 5.79. The number of nitrogens with two attached hydrogens (primary N) is 1. The van der Waals surface area contributed by atoms with Crippen molar-refractivity contribution in [2.24, 2.45) is 5.14 Å². The number of carbonyl (C=O) groups is 1. The molecule has 0 saturated heterocycles. The van der Waals surface area contributed by atoms with Crippen LogP contribution in [0.25, 0.3) is 0 Å². The average molecular weight is 338 g/mol. The predicted molar refractivity (Wildman–Crippen MR) is 87.2 cm³/mol. The molecular weight excluding hydrogens is 316 g/mol. The topological polar surface area (TPSA) is 89.7 Å². The smallest absolute Gasteiger partial charge is 0.264 e. The zero-order chi connectivity index (χ0) is 16.9. The van der Waals surface area contributed by atoms with E-state index in [1.165, 1.54) is 30.7 Å². The number of hydrogen-bond acceptors (Lipinski definition) is 4. The molecule has 0 saturated carbocycles. The molecule has 1 aromatic rings. The lowest BCUT2D eigenvalue weighted by Crippen LogP contribution is -2.34. The second-order valence-electron chi connectivity index (χ2n) is 5.38. The van der Waals surface area contributed by atoms with Crippen molar-refractivity contribution in [2.75, 3.05) is 13.2 Å². The number of ether oxygens (including phenoxy) is 1. The summed E-state index contributed by atoms with van der Waals surface area (Å²) in [6.07, 6.45) is 6.32. The van der Waals surface area contributed by atoms with Gasteiger partial charge in [0.1, 0.15) is 5.75 Å². The maximum absolute atomic E-state index is 12.3. The lowest BCUT2D eigenvalue weighted by atomic mass is 10.0. The van der Waals surface area contributed by atoms with Crippen molar-refractivity contribution >= 4 is 15.9 Å². The molecule has 1 aliphatic carbocycles. The Balaban J connectivity index is 1.96. The highest BCUT2D eigenvalue weighted by Crippen LogP contribution is 2.21. The summed E-state index contributed by atoms with van der Waals surface area (Å²) in [5, 5.41) is 5.03. The number of benzene rings is 1. The first-order chi connectivity index (χ1) is 10.9. The highest BCUT2D eigenvalue weighted by atomic mass is 32.2. The number of carbonyl (C=O) groups excluding carboxylic acids is 1. The monoisotopic (exact) mass is 338 g/mol. The largest absolute Gasteiger partial charge is 0.484 e. The fourth-order valence-electron chi connectivity index (χ4n) is 2.55. The van der Waals surface area contributed by atoms with Crippen LogP contribution in [0.5, 0.6) is 5.75 Å². The maximum Gasteiger partial charge on any atom is 0.264 e. The number of hydrogen-bond donors (Lipinski definition) is 1. The Bertz CT molecular complexity index is 681. The van der Waals surface area contributed by atoms with Gasteiger partial charge in [-0.2, -0.15) is 0 Å². The maximum atomic E-state index is 12.3. The van der Waals surface area contributed by atoms with E-state index in [0.29, 0.717) is 12.3 Å². The van der Waals surface area contributed by atoms with Crippen LogP contribution in [-0.2, 0) is 14.8 Å². The van der Waals surface area contributed by atoms with Crippen LogP contribution in [0.1, 0.15) is 32.6 Å². The summed E-state index contributed by atoms with van der Waals surface area (Å²) in [7, 11) is -3.72. The third kappa shape index (κ3) is 4.80. The number of sulfonamides is 1. The molecule has 0 aliphatic heterocycles. The summed E-state index contributed by atoms with van der Waals surface area (Å²) in [5.41, 5.74) is 1.07. The van der Waals surface area contributed by atoms with Crippen molar-refractivity contribution in [3.63, 3.8) is 0 Å². The molecule has 126 valence electrons. The van der Waals surface area contributed by atoms with Crippen LogP contribution in [0.15, 0.2) is 40.9 Å². The predicted octanol–water partition coefficient (Wildman–Crippen LogP) is 2.02. The van der Waals surface area contributed by atoms with E-state index in [1.807, 2.05) is 6.92 Å². The van der Waals surface area contributed by atoms with Gasteiger partial charge in [-0.3, -0.25) is 4.79 Å². The molecule has 0 bridgehead atoms. The highest BCUT2D eigenvalue weighted by Gasteiger charge is 2.18. The summed E-state index contributed by atoms with van der Waals surface area (Å²) in [6.45, 7) is 2.46. The third-order valence-electron chi connectivity index (χ3n) is 3.75. The highest BCUT2D eigenvalue weighted by molar-refractivity contribution is 7.89. The molecule has 1 aromatic carbocycles. The van der Waals surface area contributed by atoms with Gasteiger partial charge in [-0.15, -0.1) is 0 Å². The molecule has 2 N–H and O–H groups in total. The molecule has 0 spiro atoms. The van der Waals surface area contributed by atoms with Crippen LogP contribution in [-0.4, -0.2) is 32.4 Å². The number of amides is 1. The second-order valence-corrected chi connectivity index (χ2v) is 6.95. The molecule has 0 radical (unpaired) electrons. The first kappa shape index (κ1) is 17.5. The van der Waals surface area contributed by atoms with Gasteiger partial charge < -0.3 is 9.64 Å². The summed E-state index contributed by atoms with van der Waals surface area (Å²) in [5.74, 6) is 0.329. The summed E-state index contributed by atoms with van der Waals surface area (Å²) in [4.78, 5) is 14.1. The fourth-order valence-corrected chi connectivity index (χ4v) is 3.07. The third-order valence-corrected chi connectivity index (χ3v) is 4.67. The van der Waals surface area contributed by atoms with Gasteiger partial charge in [0.25, 0.3) is 5.91 Å². The number of rotatable bonds is 6. The fraction of sp³-hybridized carbons (Fsp3) is 0.438. The number of primary sulfonamides is 1. The first-order valence-corrected chi connectivity index (χ1v) is 9.21. The molecule has 7 heteroatoms. The molecule has 0 unspecified atom stereocenters. The van der Waals surface area contributed by atoms with Gasteiger partial charge in [-0.25, -0.2) is 13.6 Å². The number of nitrogens with zero attached hydrogens (tertiary/aromatic N) is 1. The summed E-state index contributed by atoms with van der Waals surface area (Å²) < 4.78 is 27.8. The van der Waals surface area contributed by atoms with E-state index in [2.05, 4.69) is 6.08 Å². The zero-order valence-corrected chi connectivity index (χ0v) is 14.0. The van der Waals surface area contributed by atoms with Gasteiger partial charge in [0.2, 0.25) is 10.0 Å². The van der Waals surface area contributed by atoms with Crippen molar-refractivity contribution in [3.8, 4) is 5.75 Å². The van der Waals surface area contributed by atoms with Crippen molar-refractivity contribution in [3.05, 3.63) is 36.0 Å². The lowest BCUT2D eigenvalue weighted by molar-refractivity contribution is -0.131. The standard InChI is InChI=1S/C16H22N2O4S/c1-2-18(13-6-4-3-5-7-13)16(19)12-22-14-8-10-15(11-9-14)23(17,20)21/h6,8-11H,2-5,7,12H2,1H3,(H2,17,20,21). The second kappa shape index (κ2) is 7.61. The van der Waals surface area contributed by atoms with E-state index >= 15 is 0 Å². The molecule has 2 rings (SSSR count). The summed E-state index contributed by atoms with van der Waals surface area (Å²) >= 11 is 0. The van der Waals surface area contributed by atoms with Crippen LogP contribution in [0.2, 0.25) is 0 Å². The van der Waals surface area contributed by atoms with Gasteiger partial charge in [0.05, 0.1) is 4.90 Å². The van der Waals surface area contributed by atoms with E-state index in [9.17, 15) is 13.2 Å². The van der Waals surface area contributed by atoms with E-state index in [4.69, 9.17) is 9.88 Å². The first-order valence-electron chi connectivity index (χ1n) is 7.67. The Morgan fingerprint density at radius 2 is 1.96 bits per heavy atom. The SMILES string of the molecule is CCN(C(=O)COc1ccc(S(N)(=O)=O)cc1)C1=CCCCC1. The Labute approximate surface area is 137 Å². The van der Waals surface area contributed by atoms with Crippen LogP contribution in [0, 0.1) is 0 Å². The molecular formula is C16H22N2O4S. The van der Waals surface area contributed by atoms with E-state index in [1.54, 1.807) is 4.90 Å². The number of likely N-dealkylation sites (N-methyl/N-ethyl adjacent to an activating group) is 1. The van der Waals surface area contributed by atoms with Crippen molar-refractivity contribution in [1.82, 2.24) is 4.90 Å². The summed E-state index contributed by atoms with van der Waals surface area (Å²) in [6, 6.07) is 5.69. The molecule has 0 aromatic heterocycles. The molecule has 6 nitrogen and oxygen atoms in total. The molecule has 23 heavy (non-hydrogen) atoms. The minimum absolute atomic E-state index is 0.0127. The zero-order valence-electron chi connectivity index (χ0n) is 13.2.